The fraction of sp³-hybridized carbons (Fsp3) is 0.333. The highest BCUT2D eigenvalue weighted by atomic mass is 79.9. The number of halogens is 1. The minimum atomic E-state index is 0.292. The summed E-state index contributed by atoms with van der Waals surface area (Å²) in [6.07, 6.45) is 0.979. The first-order valence-electron chi connectivity index (χ1n) is 5.50. The lowest BCUT2D eigenvalue weighted by molar-refractivity contribution is 0.416. The van der Waals surface area contributed by atoms with E-state index in [9.17, 15) is 0 Å². The number of rotatable bonds is 3. The van der Waals surface area contributed by atoms with E-state index < -0.39 is 0 Å². The molecule has 1 atom stereocenters. The van der Waals surface area contributed by atoms with Crippen LogP contribution in [-0.2, 0) is 0 Å². The molecule has 0 saturated carbocycles. The number of benzene rings is 1. The van der Waals surface area contributed by atoms with E-state index in [2.05, 4.69) is 39.9 Å². The molecule has 1 aromatic heterocycles. The third-order valence-electron chi connectivity index (χ3n) is 2.74. The summed E-state index contributed by atoms with van der Waals surface area (Å²) >= 11 is 3.40. The third-order valence-corrected chi connectivity index (χ3v) is 3.23. The smallest absolute Gasteiger partial charge is 0.260 e. The van der Waals surface area contributed by atoms with Crippen molar-refractivity contribution in [3.05, 3.63) is 28.5 Å². The van der Waals surface area contributed by atoms with Gasteiger partial charge >= 0.3 is 0 Å². The molecule has 1 aromatic carbocycles. The molecule has 2 rings (SSSR count). The number of anilines is 1. The van der Waals surface area contributed by atoms with Crippen molar-refractivity contribution in [3.8, 4) is 11.5 Å². The molecular formula is C12H14BrN3O. The van der Waals surface area contributed by atoms with Gasteiger partial charge in [-0.1, -0.05) is 34.9 Å². The number of aromatic nitrogens is 2. The molecule has 0 aliphatic heterocycles. The van der Waals surface area contributed by atoms with Crippen molar-refractivity contribution in [2.75, 3.05) is 5.73 Å². The Hall–Kier alpha value is -1.36. The predicted molar refractivity (Wildman–Crippen MR) is 70.6 cm³/mol. The van der Waals surface area contributed by atoms with E-state index in [0.29, 0.717) is 17.5 Å². The van der Waals surface area contributed by atoms with Gasteiger partial charge in [0.25, 0.3) is 5.89 Å². The predicted octanol–water partition coefficient (Wildman–Crippen LogP) is 3.59. The maximum Gasteiger partial charge on any atom is 0.260 e. The summed E-state index contributed by atoms with van der Waals surface area (Å²) in [6, 6.07) is 5.57. The summed E-state index contributed by atoms with van der Waals surface area (Å²) in [5.74, 6) is 1.49. The lowest BCUT2D eigenvalue weighted by Crippen LogP contribution is -1.94. The quantitative estimate of drug-likeness (QED) is 0.879. The van der Waals surface area contributed by atoms with Crippen LogP contribution < -0.4 is 5.73 Å². The minimum absolute atomic E-state index is 0.292. The molecule has 0 bridgehead atoms. The van der Waals surface area contributed by atoms with Gasteiger partial charge in [0.15, 0.2) is 5.82 Å². The zero-order chi connectivity index (χ0) is 12.4. The second-order valence-electron chi connectivity index (χ2n) is 4.00. The van der Waals surface area contributed by atoms with Gasteiger partial charge in [-0.25, -0.2) is 0 Å². The summed E-state index contributed by atoms with van der Waals surface area (Å²) in [5.41, 5.74) is 7.29. The SMILES string of the molecule is CCC(C)c1noc(-c2cc(Br)ccc2N)n1. The molecular weight excluding hydrogens is 282 g/mol. The number of hydrogen-bond acceptors (Lipinski definition) is 4. The van der Waals surface area contributed by atoms with E-state index in [4.69, 9.17) is 10.3 Å². The lowest BCUT2D eigenvalue weighted by atomic mass is 10.1. The van der Waals surface area contributed by atoms with Gasteiger partial charge in [0, 0.05) is 16.1 Å². The highest BCUT2D eigenvalue weighted by Gasteiger charge is 2.15. The largest absolute Gasteiger partial charge is 0.398 e. The van der Waals surface area contributed by atoms with Crippen LogP contribution in [0.25, 0.3) is 11.5 Å². The molecule has 2 N–H and O–H groups in total. The molecule has 0 spiro atoms. The van der Waals surface area contributed by atoms with Gasteiger partial charge < -0.3 is 10.3 Å². The minimum Gasteiger partial charge on any atom is -0.398 e. The molecule has 5 heteroatoms. The van der Waals surface area contributed by atoms with Crippen LogP contribution in [0.1, 0.15) is 32.0 Å². The molecule has 1 unspecified atom stereocenters. The fourth-order valence-corrected chi connectivity index (χ4v) is 1.80. The highest BCUT2D eigenvalue weighted by Crippen LogP contribution is 2.28. The van der Waals surface area contributed by atoms with Gasteiger partial charge in [-0.2, -0.15) is 4.98 Å². The molecule has 17 heavy (non-hydrogen) atoms. The number of nitrogens with two attached hydrogens (primary N) is 1. The van der Waals surface area contributed by atoms with Crippen LogP contribution in [0.5, 0.6) is 0 Å². The normalized spacial score (nSPS) is 12.6. The second-order valence-corrected chi connectivity index (χ2v) is 4.91. The first-order valence-corrected chi connectivity index (χ1v) is 6.30. The Balaban J connectivity index is 2.40. The molecule has 2 aromatic rings. The summed E-state index contributed by atoms with van der Waals surface area (Å²) in [5, 5.41) is 3.98. The zero-order valence-electron chi connectivity index (χ0n) is 9.77. The molecule has 0 amide bonds. The van der Waals surface area contributed by atoms with E-state index in [0.717, 1.165) is 22.3 Å². The van der Waals surface area contributed by atoms with Gasteiger partial charge in [0.1, 0.15) is 0 Å². The monoisotopic (exact) mass is 295 g/mol. The summed E-state index contributed by atoms with van der Waals surface area (Å²) in [4.78, 5) is 4.37. The van der Waals surface area contributed by atoms with Crippen molar-refractivity contribution in [2.45, 2.75) is 26.2 Å². The maximum atomic E-state index is 5.89. The average molecular weight is 296 g/mol. The van der Waals surface area contributed by atoms with Crippen molar-refractivity contribution in [3.63, 3.8) is 0 Å². The molecule has 1 heterocycles. The summed E-state index contributed by atoms with van der Waals surface area (Å²) < 4.78 is 6.18. The lowest BCUT2D eigenvalue weighted by Gasteiger charge is -2.01. The standard InChI is InChI=1S/C12H14BrN3O/c1-3-7(2)11-15-12(17-16-11)9-6-8(13)4-5-10(9)14/h4-7H,3,14H2,1-2H3. The van der Waals surface area contributed by atoms with E-state index in [1.165, 1.54) is 0 Å². The summed E-state index contributed by atoms with van der Waals surface area (Å²) in [6.45, 7) is 4.16. The van der Waals surface area contributed by atoms with Gasteiger partial charge in [-0.05, 0) is 24.6 Å². The van der Waals surface area contributed by atoms with Gasteiger partial charge in [0.2, 0.25) is 0 Å². The number of nitrogens with zero attached hydrogens (tertiary/aromatic N) is 2. The highest BCUT2D eigenvalue weighted by molar-refractivity contribution is 9.10. The van der Waals surface area contributed by atoms with Crippen molar-refractivity contribution in [1.29, 1.82) is 0 Å². The van der Waals surface area contributed by atoms with E-state index in [1.54, 1.807) is 0 Å². The van der Waals surface area contributed by atoms with Crippen LogP contribution in [0.3, 0.4) is 0 Å². The van der Waals surface area contributed by atoms with E-state index in [-0.39, 0.29) is 0 Å². The molecule has 0 aliphatic carbocycles. The number of nitrogen functional groups attached to an aromatic ring is 1. The molecule has 90 valence electrons. The Morgan fingerprint density at radius 2 is 2.24 bits per heavy atom. The first kappa shape index (κ1) is 12.1. The Labute approximate surface area is 108 Å². The average Bonchev–Trinajstić information content (AvgIpc) is 2.80. The van der Waals surface area contributed by atoms with Crippen LogP contribution in [-0.4, -0.2) is 10.1 Å². The van der Waals surface area contributed by atoms with Crippen molar-refractivity contribution in [2.24, 2.45) is 0 Å². The topological polar surface area (TPSA) is 64.9 Å². The van der Waals surface area contributed by atoms with Crippen molar-refractivity contribution >= 4 is 21.6 Å². The Bertz CT molecular complexity index is 524. The van der Waals surface area contributed by atoms with Gasteiger partial charge in [-0.15, -0.1) is 0 Å². The molecule has 0 aliphatic rings. The number of hydrogen-bond donors (Lipinski definition) is 1. The fourth-order valence-electron chi connectivity index (χ4n) is 1.44. The summed E-state index contributed by atoms with van der Waals surface area (Å²) in [7, 11) is 0. The Kier molecular flexibility index (Phi) is 3.47. The third kappa shape index (κ3) is 2.49. The van der Waals surface area contributed by atoms with Crippen LogP contribution in [0.4, 0.5) is 5.69 Å². The molecule has 0 saturated heterocycles. The Morgan fingerprint density at radius 1 is 1.47 bits per heavy atom. The maximum absolute atomic E-state index is 5.89. The van der Waals surface area contributed by atoms with Crippen molar-refractivity contribution < 1.29 is 4.52 Å². The zero-order valence-corrected chi connectivity index (χ0v) is 11.4. The van der Waals surface area contributed by atoms with Crippen LogP contribution in [0.15, 0.2) is 27.2 Å². The first-order chi connectivity index (χ1) is 8.11. The van der Waals surface area contributed by atoms with Crippen LogP contribution in [0.2, 0.25) is 0 Å². The molecule has 0 radical (unpaired) electrons. The Morgan fingerprint density at radius 3 is 2.94 bits per heavy atom. The van der Waals surface area contributed by atoms with Gasteiger partial charge in [-0.3, -0.25) is 0 Å². The second kappa shape index (κ2) is 4.87. The van der Waals surface area contributed by atoms with Gasteiger partial charge in [0.05, 0.1) is 5.56 Å². The van der Waals surface area contributed by atoms with Crippen molar-refractivity contribution in [1.82, 2.24) is 10.1 Å². The van der Waals surface area contributed by atoms with E-state index >= 15 is 0 Å². The van der Waals surface area contributed by atoms with Crippen LogP contribution in [0, 0.1) is 0 Å². The van der Waals surface area contributed by atoms with Crippen LogP contribution >= 0.6 is 15.9 Å². The van der Waals surface area contributed by atoms with E-state index in [1.807, 2.05) is 18.2 Å². The molecule has 0 fully saturated rings. The molecule has 4 nitrogen and oxygen atoms in total.